The smallest absolute Gasteiger partial charge is 0.306 e. The van der Waals surface area contributed by atoms with Crippen molar-refractivity contribution in [3.8, 4) is 11.8 Å². The topological polar surface area (TPSA) is 128 Å². The average molecular weight is 490 g/mol. The van der Waals surface area contributed by atoms with Crippen LogP contribution in [0.25, 0.3) is 0 Å². The van der Waals surface area contributed by atoms with Crippen molar-refractivity contribution in [3.63, 3.8) is 0 Å². The van der Waals surface area contributed by atoms with Gasteiger partial charge in [-0.25, -0.2) is 0 Å². The molecule has 0 heterocycles. The lowest BCUT2D eigenvalue weighted by atomic mass is 10.0. The number of nitro benzene ring substituents is 1. The maximum Gasteiger partial charge on any atom is 0.306 e. The zero-order valence-corrected chi connectivity index (χ0v) is 19.9. The number of benzene rings is 2. The molecule has 0 unspecified atom stereocenters. The van der Waals surface area contributed by atoms with Crippen LogP contribution in [-0.4, -0.2) is 35.9 Å². The van der Waals surface area contributed by atoms with E-state index >= 15 is 0 Å². The number of amides is 2. The number of non-ortho nitro benzene ring substituents is 1. The van der Waals surface area contributed by atoms with Crippen LogP contribution in [0.4, 0.5) is 11.4 Å². The monoisotopic (exact) mass is 489 g/mol. The molecule has 0 aliphatic heterocycles. The van der Waals surface area contributed by atoms with E-state index in [0.717, 1.165) is 12.0 Å². The Morgan fingerprint density at radius 3 is 2.47 bits per heavy atom. The van der Waals surface area contributed by atoms with Gasteiger partial charge in [0.15, 0.2) is 0 Å². The number of rotatable bonds is 9. The minimum absolute atomic E-state index is 0.0875. The van der Waals surface area contributed by atoms with Crippen LogP contribution < -0.4 is 10.6 Å². The molecule has 186 valence electrons. The van der Waals surface area contributed by atoms with E-state index in [2.05, 4.69) is 27.2 Å². The van der Waals surface area contributed by atoms with E-state index in [1.165, 1.54) is 31.4 Å². The summed E-state index contributed by atoms with van der Waals surface area (Å²) in [6.45, 7) is 0. The van der Waals surface area contributed by atoms with Crippen molar-refractivity contribution < 1.29 is 24.0 Å². The molecule has 0 aromatic heterocycles. The standard InChI is InChI=1S/C27H27N3O6/c1-36-25(31)13-6-5-10-20-11-7-12-23(20)26(32)29-24(18-19-8-3-2-4-9-19)27(33)28-21-14-16-22(17-15-21)30(34)35/h2-4,8-9,14-17,24H,6-7,11-13,18H2,1H3,(H,28,33)(H,29,32)/t24-/m0/s1. The molecule has 0 saturated carbocycles. The van der Waals surface area contributed by atoms with Crippen LogP contribution in [0.1, 0.15) is 37.7 Å². The summed E-state index contributed by atoms with van der Waals surface area (Å²) >= 11 is 0. The summed E-state index contributed by atoms with van der Waals surface area (Å²) in [7, 11) is 1.32. The Hall–Kier alpha value is -4.45. The fraction of sp³-hybridized carbons (Fsp3) is 0.296. The molecule has 3 rings (SSSR count). The number of hydrogen-bond donors (Lipinski definition) is 2. The zero-order chi connectivity index (χ0) is 25.9. The van der Waals surface area contributed by atoms with Crippen LogP contribution >= 0.6 is 0 Å². The van der Waals surface area contributed by atoms with E-state index in [0.29, 0.717) is 36.1 Å². The number of methoxy groups -OCH3 is 1. The molecule has 2 N–H and O–H groups in total. The van der Waals surface area contributed by atoms with Gasteiger partial charge < -0.3 is 15.4 Å². The lowest BCUT2D eigenvalue weighted by Crippen LogP contribution is -2.45. The average Bonchev–Trinajstić information content (AvgIpc) is 3.35. The van der Waals surface area contributed by atoms with Crippen LogP contribution in [0.2, 0.25) is 0 Å². The van der Waals surface area contributed by atoms with E-state index < -0.39 is 16.9 Å². The summed E-state index contributed by atoms with van der Waals surface area (Å²) in [5, 5.41) is 16.5. The lowest BCUT2D eigenvalue weighted by Gasteiger charge is -2.19. The second-order valence-corrected chi connectivity index (χ2v) is 8.20. The molecular formula is C27H27N3O6. The van der Waals surface area contributed by atoms with Crippen molar-refractivity contribution in [1.29, 1.82) is 0 Å². The largest absolute Gasteiger partial charge is 0.469 e. The fourth-order valence-electron chi connectivity index (χ4n) is 3.77. The molecule has 9 heteroatoms. The van der Waals surface area contributed by atoms with Gasteiger partial charge in [0, 0.05) is 41.8 Å². The molecule has 0 saturated heterocycles. The number of nitrogens with one attached hydrogen (secondary N) is 2. The number of hydrogen-bond acceptors (Lipinski definition) is 6. The van der Waals surface area contributed by atoms with Gasteiger partial charge in [-0.2, -0.15) is 0 Å². The Morgan fingerprint density at radius 2 is 1.81 bits per heavy atom. The van der Waals surface area contributed by atoms with Gasteiger partial charge >= 0.3 is 5.97 Å². The molecule has 2 aromatic rings. The number of esters is 1. The highest BCUT2D eigenvalue weighted by Gasteiger charge is 2.26. The first-order chi connectivity index (χ1) is 17.4. The molecule has 0 radical (unpaired) electrons. The number of carbonyl (C=O) groups is 3. The van der Waals surface area contributed by atoms with E-state index in [1.807, 2.05) is 30.3 Å². The molecule has 2 amide bonds. The molecule has 9 nitrogen and oxygen atoms in total. The highest BCUT2D eigenvalue weighted by molar-refractivity contribution is 6.02. The van der Waals surface area contributed by atoms with Gasteiger partial charge in [0.2, 0.25) is 11.8 Å². The van der Waals surface area contributed by atoms with E-state index in [9.17, 15) is 24.5 Å². The van der Waals surface area contributed by atoms with Gasteiger partial charge in [-0.05, 0) is 37.0 Å². The van der Waals surface area contributed by atoms with Crippen molar-refractivity contribution >= 4 is 29.2 Å². The number of carbonyl (C=O) groups excluding carboxylic acids is 3. The Kier molecular flexibility index (Phi) is 9.34. The van der Waals surface area contributed by atoms with Crippen molar-refractivity contribution in [2.45, 2.75) is 44.6 Å². The molecule has 0 spiro atoms. The number of allylic oxidation sites excluding steroid dienone is 1. The first-order valence-corrected chi connectivity index (χ1v) is 11.5. The second-order valence-electron chi connectivity index (χ2n) is 8.20. The zero-order valence-electron chi connectivity index (χ0n) is 19.9. The van der Waals surface area contributed by atoms with Crippen molar-refractivity contribution in [3.05, 3.63) is 81.4 Å². The van der Waals surface area contributed by atoms with Gasteiger partial charge in [0.1, 0.15) is 6.04 Å². The Balaban J connectivity index is 1.75. The first kappa shape index (κ1) is 26.2. The molecule has 2 aromatic carbocycles. The maximum atomic E-state index is 13.2. The summed E-state index contributed by atoms with van der Waals surface area (Å²) < 4.78 is 4.60. The molecule has 1 atom stereocenters. The lowest BCUT2D eigenvalue weighted by molar-refractivity contribution is -0.384. The number of nitro groups is 1. The van der Waals surface area contributed by atoms with E-state index in [1.54, 1.807) is 0 Å². The van der Waals surface area contributed by atoms with Gasteiger partial charge in [-0.3, -0.25) is 24.5 Å². The predicted octanol–water partition coefficient (Wildman–Crippen LogP) is 3.70. The highest BCUT2D eigenvalue weighted by Crippen LogP contribution is 2.26. The van der Waals surface area contributed by atoms with E-state index in [-0.39, 0.29) is 30.4 Å². The minimum Gasteiger partial charge on any atom is -0.469 e. The van der Waals surface area contributed by atoms with Crippen LogP contribution in [0.5, 0.6) is 0 Å². The van der Waals surface area contributed by atoms with Gasteiger partial charge in [0.25, 0.3) is 5.69 Å². The third-order valence-corrected chi connectivity index (χ3v) is 5.66. The Labute approximate surface area is 209 Å². The van der Waals surface area contributed by atoms with Gasteiger partial charge in [-0.15, -0.1) is 0 Å². The normalized spacial score (nSPS) is 13.2. The number of ether oxygens (including phenoxy) is 1. The highest BCUT2D eigenvalue weighted by atomic mass is 16.6. The Morgan fingerprint density at radius 1 is 1.08 bits per heavy atom. The Bertz CT molecular complexity index is 1210. The van der Waals surface area contributed by atoms with E-state index in [4.69, 9.17) is 0 Å². The number of anilines is 1. The summed E-state index contributed by atoms with van der Waals surface area (Å²) in [6, 6.07) is 13.9. The van der Waals surface area contributed by atoms with Crippen molar-refractivity contribution in [2.75, 3.05) is 12.4 Å². The quantitative estimate of drug-likeness (QED) is 0.239. The summed E-state index contributed by atoms with van der Waals surface area (Å²) in [4.78, 5) is 47.9. The fourth-order valence-corrected chi connectivity index (χ4v) is 3.77. The van der Waals surface area contributed by atoms with Crippen molar-refractivity contribution in [1.82, 2.24) is 5.32 Å². The summed E-state index contributed by atoms with van der Waals surface area (Å²) in [6.07, 6.45) is 2.77. The van der Waals surface area contributed by atoms with Gasteiger partial charge in [-0.1, -0.05) is 42.2 Å². The van der Waals surface area contributed by atoms with Crippen molar-refractivity contribution in [2.24, 2.45) is 0 Å². The third kappa shape index (κ3) is 7.53. The van der Waals surface area contributed by atoms with Gasteiger partial charge in [0.05, 0.1) is 18.5 Å². The van der Waals surface area contributed by atoms with Crippen LogP contribution in [0.3, 0.4) is 0 Å². The van der Waals surface area contributed by atoms with Crippen LogP contribution in [-0.2, 0) is 25.5 Å². The summed E-state index contributed by atoms with van der Waals surface area (Å²) in [5.41, 5.74) is 2.42. The molecule has 1 aliphatic carbocycles. The SMILES string of the molecule is COC(=O)CCC#CC1=C(C(=O)N[C@@H](Cc2ccccc2)C(=O)Nc2ccc([N+](=O)[O-])cc2)CCC1. The molecular weight excluding hydrogens is 462 g/mol. The van der Waals surface area contributed by atoms with Crippen LogP contribution in [0, 0.1) is 22.0 Å². The molecule has 0 bridgehead atoms. The molecule has 0 fully saturated rings. The molecule has 1 aliphatic rings. The molecule has 36 heavy (non-hydrogen) atoms. The second kappa shape index (κ2) is 12.9. The summed E-state index contributed by atoms with van der Waals surface area (Å²) in [5.74, 6) is 4.79. The van der Waals surface area contributed by atoms with Crippen LogP contribution in [0.15, 0.2) is 65.7 Å². The predicted molar refractivity (Wildman–Crippen MR) is 134 cm³/mol. The third-order valence-electron chi connectivity index (χ3n) is 5.66. The maximum absolute atomic E-state index is 13.2. The number of nitrogens with zero attached hydrogens (tertiary/aromatic N) is 1. The first-order valence-electron chi connectivity index (χ1n) is 11.5. The minimum atomic E-state index is -0.878.